The van der Waals surface area contributed by atoms with E-state index in [-0.39, 0.29) is 16.5 Å². The average molecular weight is 522 g/mol. The summed E-state index contributed by atoms with van der Waals surface area (Å²) in [5, 5.41) is 0. The molecule has 2 aromatic carbocycles. The number of hydrogen-bond donors (Lipinski definition) is 0. The molecule has 1 amide bonds. The number of thioether (sulfide) groups is 1. The number of carbonyl (C=O) groups excluding carboxylic acids is 2. The summed E-state index contributed by atoms with van der Waals surface area (Å²) in [4.78, 5) is 29.8. The van der Waals surface area contributed by atoms with Crippen LogP contribution in [0.1, 0.15) is 34.6 Å². The molecule has 0 aliphatic carbocycles. The number of aromatic nitrogens is 1. The van der Waals surface area contributed by atoms with Crippen molar-refractivity contribution in [2.45, 2.75) is 31.3 Å². The Bertz CT molecular complexity index is 1370. The van der Waals surface area contributed by atoms with E-state index in [0.717, 1.165) is 16.0 Å². The van der Waals surface area contributed by atoms with Gasteiger partial charge >= 0.3 is 5.97 Å². The molecule has 0 aliphatic heterocycles. The summed E-state index contributed by atoms with van der Waals surface area (Å²) in [6.07, 6.45) is 2.00. The van der Waals surface area contributed by atoms with Crippen molar-refractivity contribution in [2.75, 3.05) is 26.2 Å². The molecular formula is C23H27N3O5S3. The monoisotopic (exact) mass is 521 g/mol. The summed E-state index contributed by atoms with van der Waals surface area (Å²) in [6.45, 7) is 4.23. The maximum absolute atomic E-state index is 12.9. The van der Waals surface area contributed by atoms with Gasteiger partial charge in [0.1, 0.15) is 0 Å². The topological polar surface area (TPSA) is 98.0 Å². The molecule has 0 aliphatic rings. The zero-order valence-electron chi connectivity index (χ0n) is 19.6. The second-order valence-corrected chi connectivity index (χ2v) is 11.8. The zero-order valence-corrected chi connectivity index (χ0v) is 22.1. The summed E-state index contributed by atoms with van der Waals surface area (Å²) in [5.41, 5.74) is 1.58. The van der Waals surface area contributed by atoms with Gasteiger partial charge in [0.2, 0.25) is 10.0 Å². The lowest BCUT2D eigenvalue weighted by atomic mass is 10.2. The first-order valence-corrected chi connectivity index (χ1v) is 14.1. The highest BCUT2D eigenvalue weighted by Gasteiger charge is 2.23. The number of sulfonamides is 1. The Kier molecular flexibility index (Phi) is 8.34. The van der Waals surface area contributed by atoms with Crippen molar-refractivity contribution < 1.29 is 22.7 Å². The van der Waals surface area contributed by atoms with Crippen LogP contribution >= 0.6 is 23.1 Å². The minimum absolute atomic E-state index is 0.118. The third-order valence-electron chi connectivity index (χ3n) is 5.33. The Morgan fingerprint density at radius 3 is 2.38 bits per heavy atom. The van der Waals surface area contributed by atoms with Gasteiger partial charge in [0.25, 0.3) is 5.91 Å². The minimum atomic E-state index is -3.64. The first kappa shape index (κ1) is 26.1. The minimum Gasteiger partial charge on any atom is -0.465 e. The third-order valence-corrected chi connectivity index (χ3v) is 9.01. The molecule has 0 spiro atoms. The van der Waals surface area contributed by atoms with Gasteiger partial charge in [-0.3, -0.25) is 4.79 Å². The second-order valence-electron chi connectivity index (χ2n) is 7.76. The fraction of sp³-hybridized carbons (Fsp3) is 0.348. The predicted octanol–water partition coefficient (Wildman–Crippen LogP) is 3.62. The number of rotatable bonds is 8. The number of nitrogens with zero attached hydrogens (tertiary/aromatic N) is 3. The molecule has 11 heteroatoms. The van der Waals surface area contributed by atoms with E-state index in [9.17, 15) is 18.0 Å². The lowest BCUT2D eigenvalue weighted by Crippen LogP contribution is -2.33. The highest BCUT2D eigenvalue weighted by atomic mass is 32.2. The molecule has 0 radical (unpaired) electrons. The van der Waals surface area contributed by atoms with Crippen molar-refractivity contribution >= 4 is 55.2 Å². The number of hydrogen-bond acceptors (Lipinski definition) is 7. The molecule has 0 saturated carbocycles. The van der Waals surface area contributed by atoms with Gasteiger partial charge < -0.3 is 9.30 Å². The fourth-order valence-electron chi connectivity index (χ4n) is 3.17. The van der Waals surface area contributed by atoms with E-state index in [1.807, 2.05) is 16.9 Å². The van der Waals surface area contributed by atoms with E-state index in [0.29, 0.717) is 16.9 Å². The molecule has 182 valence electrons. The molecule has 0 bridgehead atoms. The molecule has 3 aromatic rings. The lowest BCUT2D eigenvalue weighted by Gasteiger charge is -2.20. The highest BCUT2D eigenvalue weighted by molar-refractivity contribution is 7.98. The van der Waals surface area contributed by atoms with Crippen LogP contribution in [0.25, 0.3) is 10.2 Å². The number of aryl methyl sites for hydroxylation is 1. The average Bonchev–Trinajstić information content (AvgIpc) is 3.17. The molecule has 0 saturated heterocycles. The summed E-state index contributed by atoms with van der Waals surface area (Å²) in [6, 6.07) is 10.9. The lowest BCUT2D eigenvalue weighted by molar-refractivity contribution is 0.0600. The van der Waals surface area contributed by atoms with Crippen molar-refractivity contribution in [3.05, 3.63) is 58.4 Å². The molecule has 8 nitrogen and oxygen atoms in total. The standard InChI is InChI=1S/C23H27N3O5S3/c1-15(2)25(3)34(29,30)18-9-6-16(7-10-18)21(27)24-23-26(12-13-32-5)19-11-8-17(22(28)31-4)14-20(19)33-23/h6-11,14-15H,12-13H2,1-5H3. The Morgan fingerprint density at radius 2 is 1.79 bits per heavy atom. The van der Waals surface area contributed by atoms with Crippen LogP contribution in [-0.4, -0.2) is 61.4 Å². The highest BCUT2D eigenvalue weighted by Crippen LogP contribution is 2.21. The summed E-state index contributed by atoms with van der Waals surface area (Å²) >= 11 is 2.98. The molecule has 0 unspecified atom stereocenters. The maximum atomic E-state index is 12.9. The van der Waals surface area contributed by atoms with Crippen molar-refractivity contribution in [1.29, 1.82) is 0 Å². The van der Waals surface area contributed by atoms with Crippen LogP contribution in [0.4, 0.5) is 0 Å². The Balaban J connectivity index is 2.01. The Labute approximate surface area is 207 Å². The number of methoxy groups -OCH3 is 1. The van der Waals surface area contributed by atoms with Crippen molar-refractivity contribution in [3.8, 4) is 0 Å². The van der Waals surface area contributed by atoms with Gasteiger partial charge in [-0.1, -0.05) is 11.3 Å². The first-order valence-electron chi connectivity index (χ1n) is 10.5. The SMILES string of the molecule is COC(=O)c1ccc2c(c1)sc(=NC(=O)c1ccc(S(=O)(=O)N(C)C(C)C)cc1)n2CCSC. The second kappa shape index (κ2) is 10.9. The number of ether oxygens (including phenoxy) is 1. The van der Waals surface area contributed by atoms with Crippen LogP contribution in [0, 0.1) is 0 Å². The molecule has 0 atom stereocenters. The smallest absolute Gasteiger partial charge is 0.337 e. The van der Waals surface area contributed by atoms with Gasteiger partial charge in [-0.2, -0.15) is 21.1 Å². The van der Waals surface area contributed by atoms with E-state index in [2.05, 4.69) is 4.99 Å². The van der Waals surface area contributed by atoms with E-state index >= 15 is 0 Å². The van der Waals surface area contributed by atoms with E-state index in [1.165, 1.54) is 54.1 Å². The van der Waals surface area contributed by atoms with Crippen LogP contribution in [0.2, 0.25) is 0 Å². The first-order chi connectivity index (χ1) is 16.1. The van der Waals surface area contributed by atoms with Crippen molar-refractivity contribution in [3.63, 3.8) is 0 Å². The van der Waals surface area contributed by atoms with Crippen molar-refractivity contribution in [1.82, 2.24) is 8.87 Å². The van der Waals surface area contributed by atoms with Gasteiger partial charge in [0.05, 0.1) is 27.8 Å². The molecule has 3 rings (SSSR count). The summed E-state index contributed by atoms with van der Waals surface area (Å²) in [7, 11) is -0.786. The van der Waals surface area contributed by atoms with Crippen LogP contribution < -0.4 is 4.80 Å². The van der Waals surface area contributed by atoms with E-state index in [1.54, 1.807) is 37.7 Å². The molecular weight excluding hydrogens is 494 g/mol. The van der Waals surface area contributed by atoms with Crippen molar-refractivity contribution in [2.24, 2.45) is 4.99 Å². The summed E-state index contributed by atoms with van der Waals surface area (Å²) < 4.78 is 34.2. The molecule has 0 fully saturated rings. The Hall–Kier alpha value is -2.47. The number of amides is 1. The molecule has 0 N–H and O–H groups in total. The Morgan fingerprint density at radius 1 is 1.15 bits per heavy atom. The number of esters is 1. The summed E-state index contributed by atoms with van der Waals surface area (Å²) in [5.74, 6) is -0.0838. The molecule has 1 aromatic heterocycles. The zero-order chi connectivity index (χ0) is 25.0. The van der Waals surface area contributed by atoms with Crippen LogP contribution in [-0.2, 0) is 21.3 Å². The van der Waals surface area contributed by atoms with Gasteiger partial charge in [-0.25, -0.2) is 13.2 Å². The van der Waals surface area contributed by atoms with Crippen LogP contribution in [0.3, 0.4) is 0 Å². The van der Waals surface area contributed by atoms with Gasteiger partial charge in [0, 0.05) is 31.0 Å². The molecule has 1 heterocycles. The van der Waals surface area contributed by atoms with E-state index in [4.69, 9.17) is 4.74 Å². The normalized spacial score (nSPS) is 12.6. The third kappa shape index (κ3) is 5.43. The van der Waals surface area contributed by atoms with E-state index < -0.39 is 21.9 Å². The van der Waals surface area contributed by atoms with Crippen LogP contribution in [0.5, 0.6) is 0 Å². The predicted molar refractivity (Wildman–Crippen MR) is 136 cm³/mol. The maximum Gasteiger partial charge on any atom is 0.337 e. The van der Waals surface area contributed by atoms with Gasteiger partial charge in [0.15, 0.2) is 4.80 Å². The van der Waals surface area contributed by atoms with Crippen LogP contribution in [0.15, 0.2) is 52.4 Å². The fourth-order valence-corrected chi connectivity index (χ4v) is 5.99. The number of thiazole rings is 1. The quantitative estimate of drug-likeness (QED) is 0.420. The van der Waals surface area contributed by atoms with Gasteiger partial charge in [-0.05, 0) is 62.6 Å². The number of fused-ring (bicyclic) bond motifs is 1. The largest absolute Gasteiger partial charge is 0.465 e. The molecule has 34 heavy (non-hydrogen) atoms. The number of carbonyl (C=O) groups is 2. The van der Waals surface area contributed by atoms with Gasteiger partial charge in [-0.15, -0.1) is 0 Å². The number of benzene rings is 2.